The summed E-state index contributed by atoms with van der Waals surface area (Å²) < 4.78 is 4.71. The molecule has 1 aromatic heterocycles. The third-order valence-electron chi connectivity index (χ3n) is 1.94. The molecule has 2 rings (SSSR count). The molecule has 3 N–H and O–H groups in total. The van der Waals surface area contributed by atoms with Crippen molar-refractivity contribution in [1.82, 2.24) is 5.16 Å². The Balaban J connectivity index is 2.05. The van der Waals surface area contributed by atoms with Crippen LogP contribution in [-0.4, -0.2) is 5.16 Å². The molecule has 0 unspecified atom stereocenters. The number of nitrogen functional groups attached to an aromatic ring is 1. The zero-order valence-electron chi connectivity index (χ0n) is 7.90. The van der Waals surface area contributed by atoms with Gasteiger partial charge >= 0.3 is 0 Å². The van der Waals surface area contributed by atoms with Gasteiger partial charge in [0.15, 0.2) is 0 Å². The van der Waals surface area contributed by atoms with E-state index in [0.717, 1.165) is 11.4 Å². The van der Waals surface area contributed by atoms with Gasteiger partial charge in [-0.2, -0.15) is 0 Å². The van der Waals surface area contributed by atoms with Crippen LogP contribution in [0.3, 0.4) is 0 Å². The molecule has 1 heterocycles. The fourth-order valence-electron chi connectivity index (χ4n) is 1.19. The van der Waals surface area contributed by atoms with Gasteiger partial charge in [0.05, 0.1) is 17.3 Å². The number of nitrogens with one attached hydrogen (secondary N) is 1. The monoisotopic (exact) mass is 223 g/mol. The zero-order chi connectivity index (χ0) is 10.7. The quantitative estimate of drug-likeness (QED) is 0.785. The molecule has 2 aromatic rings. The highest BCUT2D eigenvalue weighted by Crippen LogP contribution is 2.24. The van der Waals surface area contributed by atoms with Gasteiger partial charge in [0, 0.05) is 11.8 Å². The lowest BCUT2D eigenvalue weighted by Crippen LogP contribution is -2.00. The van der Waals surface area contributed by atoms with Gasteiger partial charge in [-0.3, -0.25) is 0 Å². The summed E-state index contributed by atoms with van der Waals surface area (Å²) in [7, 11) is 0. The lowest BCUT2D eigenvalue weighted by molar-refractivity contribution is 0.412. The molecule has 1 aromatic carbocycles. The lowest BCUT2D eigenvalue weighted by atomic mass is 10.3. The Morgan fingerprint density at radius 1 is 1.40 bits per heavy atom. The third kappa shape index (κ3) is 2.41. The molecule has 0 aliphatic rings. The fraction of sp³-hybridized carbons (Fsp3) is 0.100. The second-order valence-electron chi connectivity index (χ2n) is 3.08. The van der Waals surface area contributed by atoms with Crippen LogP contribution in [0.25, 0.3) is 0 Å². The molecule has 0 fully saturated rings. The summed E-state index contributed by atoms with van der Waals surface area (Å²) in [6.07, 6.45) is 1.53. The van der Waals surface area contributed by atoms with Crippen molar-refractivity contribution < 1.29 is 4.52 Å². The lowest BCUT2D eigenvalue weighted by Gasteiger charge is -2.06. The van der Waals surface area contributed by atoms with Gasteiger partial charge in [0.1, 0.15) is 12.0 Å². The van der Waals surface area contributed by atoms with E-state index in [4.69, 9.17) is 21.9 Å². The molecule has 0 saturated heterocycles. The normalized spacial score (nSPS) is 10.2. The molecular formula is C10H10ClN3O. The Labute approximate surface area is 92.0 Å². The van der Waals surface area contributed by atoms with Crippen molar-refractivity contribution in [3.05, 3.63) is 41.2 Å². The molecule has 0 amide bonds. The number of nitrogens with two attached hydrogens (primary N) is 1. The van der Waals surface area contributed by atoms with Crippen molar-refractivity contribution in [2.75, 3.05) is 11.1 Å². The van der Waals surface area contributed by atoms with Crippen LogP contribution in [0.5, 0.6) is 0 Å². The van der Waals surface area contributed by atoms with Crippen LogP contribution in [0, 0.1) is 0 Å². The molecule has 15 heavy (non-hydrogen) atoms. The summed E-state index contributed by atoms with van der Waals surface area (Å²) in [4.78, 5) is 0. The van der Waals surface area contributed by atoms with E-state index >= 15 is 0 Å². The Bertz CT molecular complexity index is 442. The van der Waals surface area contributed by atoms with E-state index in [0.29, 0.717) is 17.3 Å². The first-order valence-electron chi connectivity index (χ1n) is 4.44. The number of hydrogen-bond acceptors (Lipinski definition) is 4. The van der Waals surface area contributed by atoms with Gasteiger partial charge in [0.25, 0.3) is 0 Å². The second kappa shape index (κ2) is 4.23. The standard InChI is InChI=1S/C10H10ClN3O/c11-9-5-7(12)1-2-10(9)13-6-8-3-4-15-14-8/h1-5,13H,6,12H2. The number of benzene rings is 1. The fourth-order valence-corrected chi connectivity index (χ4v) is 1.45. The van der Waals surface area contributed by atoms with Crippen LogP contribution in [0.1, 0.15) is 5.69 Å². The van der Waals surface area contributed by atoms with Gasteiger partial charge in [0.2, 0.25) is 0 Å². The number of anilines is 2. The maximum absolute atomic E-state index is 5.98. The maximum atomic E-state index is 5.98. The molecule has 0 aliphatic heterocycles. The third-order valence-corrected chi connectivity index (χ3v) is 2.26. The summed E-state index contributed by atoms with van der Waals surface area (Å²) in [5.74, 6) is 0. The van der Waals surface area contributed by atoms with Crippen LogP contribution in [0.2, 0.25) is 5.02 Å². The van der Waals surface area contributed by atoms with E-state index < -0.39 is 0 Å². The minimum absolute atomic E-state index is 0.570. The molecular weight excluding hydrogens is 214 g/mol. The summed E-state index contributed by atoms with van der Waals surface area (Å²) in [5, 5.41) is 7.50. The summed E-state index contributed by atoms with van der Waals surface area (Å²) in [5.41, 5.74) is 7.87. The minimum Gasteiger partial charge on any atom is -0.399 e. The summed E-state index contributed by atoms with van der Waals surface area (Å²) >= 11 is 5.98. The Morgan fingerprint density at radius 2 is 2.27 bits per heavy atom. The Kier molecular flexibility index (Phi) is 2.78. The van der Waals surface area contributed by atoms with Crippen LogP contribution in [-0.2, 0) is 6.54 Å². The highest BCUT2D eigenvalue weighted by molar-refractivity contribution is 6.33. The predicted octanol–water partition coefficient (Wildman–Crippen LogP) is 2.52. The topological polar surface area (TPSA) is 64.1 Å². The Morgan fingerprint density at radius 3 is 2.93 bits per heavy atom. The number of hydrogen-bond donors (Lipinski definition) is 2. The molecule has 5 heteroatoms. The van der Waals surface area contributed by atoms with E-state index in [1.54, 1.807) is 18.2 Å². The largest absolute Gasteiger partial charge is 0.399 e. The number of halogens is 1. The minimum atomic E-state index is 0.570. The molecule has 0 spiro atoms. The van der Waals surface area contributed by atoms with E-state index in [1.807, 2.05) is 6.07 Å². The highest BCUT2D eigenvalue weighted by Gasteiger charge is 2.01. The van der Waals surface area contributed by atoms with Crippen LogP contribution >= 0.6 is 11.6 Å². The Hall–Kier alpha value is -1.68. The predicted molar refractivity (Wildman–Crippen MR) is 59.7 cm³/mol. The van der Waals surface area contributed by atoms with E-state index in [9.17, 15) is 0 Å². The first-order valence-corrected chi connectivity index (χ1v) is 4.81. The summed E-state index contributed by atoms with van der Waals surface area (Å²) in [6, 6.07) is 7.11. The van der Waals surface area contributed by atoms with Crippen LogP contribution < -0.4 is 11.1 Å². The SMILES string of the molecule is Nc1ccc(NCc2ccon2)c(Cl)c1. The molecule has 0 radical (unpaired) electrons. The molecule has 78 valence electrons. The second-order valence-corrected chi connectivity index (χ2v) is 3.49. The van der Waals surface area contributed by atoms with E-state index in [-0.39, 0.29) is 0 Å². The molecule has 0 bridgehead atoms. The van der Waals surface area contributed by atoms with Crippen molar-refractivity contribution in [3.8, 4) is 0 Å². The van der Waals surface area contributed by atoms with Gasteiger partial charge in [-0.1, -0.05) is 16.8 Å². The van der Waals surface area contributed by atoms with Crippen LogP contribution in [0.4, 0.5) is 11.4 Å². The van der Waals surface area contributed by atoms with Gasteiger partial charge in [-0.05, 0) is 18.2 Å². The average Bonchev–Trinajstić information content (AvgIpc) is 2.69. The number of rotatable bonds is 3. The average molecular weight is 224 g/mol. The zero-order valence-corrected chi connectivity index (χ0v) is 8.66. The van der Waals surface area contributed by atoms with Crippen molar-refractivity contribution in [2.24, 2.45) is 0 Å². The molecule has 0 atom stereocenters. The molecule has 0 aliphatic carbocycles. The van der Waals surface area contributed by atoms with Crippen molar-refractivity contribution in [2.45, 2.75) is 6.54 Å². The first kappa shape index (κ1) is 9.86. The van der Waals surface area contributed by atoms with Crippen molar-refractivity contribution in [1.29, 1.82) is 0 Å². The molecule has 0 saturated carbocycles. The smallest absolute Gasteiger partial charge is 0.124 e. The highest BCUT2D eigenvalue weighted by atomic mass is 35.5. The summed E-state index contributed by atoms with van der Waals surface area (Å²) in [6.45, 7) is 0.570. The van der Waals surface area contributed by atoms with Gasteiger partial charge in [-0.15, -0.1) is 0 Å². The van der Waals surface area contributed by atoms with Crippen LogP contribution in [0.15, 0.2) is 35.1 Å². The van der Waals surface area contributed by atoms with Crippen molar-refractivity contribution in [3.63, 3.8) is 0 Å². The number of nitrogens with zero attached hydrogens (tertiary/aromatic N) is 1. The molecule has 4 nitrogen and oxygen atoms in total. The van der Waals surface area contributed by atoms with Gasteiger partial charge < -0.3 is 15.6 Å². The first-order chi connectivity index (χ1) is 7.25. The van der Waals surface area contributed by atoms with Crippen molar-refractivity contribution >= 4 is 23.0 Å². The van der Waals surface area contributed by atoms with E-state index in [1.165, 1.54) is 6.26 Å². The maximum Gasteiger partial charge on any atom is 0.124 e. The van der Waals surface area contributed by atoms with E-state index in [2.05, 4.69) is 10.5 Å². The van der Waals surface area contributed by atoms with Gasteiger partial charge in [-0.25, -0.2) is 0 Å². The number of aromatic nitrogens is 1.